The summed E-state index contributed by atoms with van der Waals surface area (Å²) < 4.78 is 9.31. The van der Waals surface area contributed by atoms with Crippen molar-refractivity contribution < 1.29 is 28.7 Å². The van der Waals surface area contributed by atoms with Crippen molar-refractivity contribution in [2.45, 2.75) is 35.7 Å². The predicted molar refractivity (Wildman–Crippen MR) is 153 cm³/mol. The fourth-order valence-electron chi connectivity index (χ4n) is 3.77. The van der Waals surface area contributed by atoms with E-state index in [0.29, 0.717) is 11.1 Å². The van der Waals surface area contributed by atoms with Crippen molar-refractivity contribution >= 4 is 67.1 Å². The van der Waals surface area contributed by atoms with Crippen molar-refractivity contribution in [3.05, 3.63) is 72.1 Å². The van der Waals surface area contributed by atoms with Gasteiger partial charge in [-0.05, 0) is 38.1 Å². The quantitative estimate of drug-likeness (QED) is 0.220. The molecular formula is C28H26N4O6S2. The second-order valence-corrected chi connectivity index (χ2v) is 10.9. The standard InChI is InChI=1S/C28H26N4O6S2/c1-15(27(35)37-3)31-25(33)19-11-17-7-5-9-21(23(17)29-13-19)39-40-22-10-6-8-18-12-20(14-30-24(18)22)26(34)32-16(2)28(36)38-4/h5-16H,1-4H3,(H,31,33)(H,32,34)/t15-,16-/m0/s1. The number of aromatic nitrogens is 2. The van der Waals surface area contributed by atoms with Crippen LogP contribution in [-0.2, 0) is 19.1 Å². The van der Waals surface area contributed by atoms with E-state index in [1.165, 1.54) is 48.2 Å². The zero-order valence-electron chi connectivity index (χ0n) is 22.1. The third-order valence-electron chi connectivity index (χ3n) is 5.90. The second kappa shape index (κ2) is 12.8. The number of nitrogens with zero attached hydrogens (tertiary/aromatic N) is 2. The molecule has 2 aromatic heterocycles. The number of nitrogens with one attached hydrogen (secondary N) is 2. The van der Waals surface area contributed by atoms with E-state index in [4.69, 9.17) is 0 Å². The van der Waals surface area contributed by atoms with Gasteiger partial charge in [0.25, 0.3) is 11.8 Å². The lowest BCUT2D eigenvalue weighted by molar-refractivity contribution is -0.143. The number of hydrogen-bond donors (Lipinski definition) is 2. The molecular weight excluding hydrogens is 552 g/mol. The van der Waals surface area contributed by atoms with E-state index in [9.17, 15) is 19.2 Å². The number of methoxy groups -OCH3 is 2. The lowest BCUT2D eigenvalue weighted by atomic mass is 10.1. The molecule has 2 amide bonds. The van der Waals surface area contributed by atoms with E-state index in [2.05, 4.69) is 30.1 Å². The van der Waals surface area contributed by atoms with Gasteiger partial charge in [0, 0.05) is 33.0 Å². The number of pyridine rings is 2. The number of esters is 2. The largest absolute Gasteiger partial charge is 0.467 e. The molecule has 0 saturated carbocycles. The Balaban J connectivity index is 1.51. The molecule has 0 fully saturated rings. The van der Waals surface area contributed by atoms with Gasteiger partial charge in [0.1, 0.15) is 12.1 Å². The van der Waals surface area contributed by atoms with Gasteiger partial charge in [0.05, 0.1) is 36.4 Å². The summed E-state index contributed by atoms with van der Waals surface area (Å²) in [5.74, 6) is -1.91. The van der Waals surface area contributed by atoms with Gasteiger partial charge in [0.2, 0.25) is 0 Å². The monoisotopic (exact) mass is 578 g/mol. The molecule has 10 nitrogen and oxygen atoms in total. The molecule has 12 heteroatoms. The van der Waals surface area contributed by atoms with Crippen LogP contribution < -0.4 is 10.6 Å². The van der Waals surface area contributed by atoms with E-state index < -0.39 is 35.8 Å². The minimum absolute atomic E-state index is 0.331. The number of fused-ring (bicyclic) bond motifs is 2. The fraction of sp³-hybridized carbons (Fsp3) is 0.214. The lowest BCUT2D eigenvalue weighted by Gasteiger charge is -2.12. The topological polar surface area (TPSA) is 137 Å². The van der Waals surface area contributed by atoms with Crippen molar-refractivity contribution in [1.29, 1.82) is 0 Å². The Morgan fingerprint density at radius 3 is 1.48 bits per heavy atom. The van der Waals surface area contributed by atoms with Gasteiger partial charge in [-0.3, -0.25) is 19.6 Å². The summed E-state index contributed by atoms with van der Waals surface area (Å²) in [7, 11) is 5.52. The van der Waals surface area contributed by atoms with Crippen LogP contribution in [0.15, 0.2) is 70.7 Å². The zero-order valence-corrected chi connectivity index (χ0v) is 23.7. The molecule has 0 saturated heterocycles. The molecule has 2 N–H and O–H groups in total. The van der Waals surface area contributed by atoms with Crippen LogP contribution in [0.5, 0.6) is 0 Å². The van der Waals surface area contributed by atoms with Crippen LogP contribution in [0.4, 0.5) is 0 Å². The summed E-state index contributed by atoms with van der Waals surface area (Å²) in [6.07, 6.45) is 2.95. The van der Waals surface area contributed by atoms with Crippen LogP contribution >= 0.6 is 21.6 Å². The van der Waals surface area contributed by atoms with E-state index in [1.807, 2.05) is 36.4 Å². The molecule has 0 aliphatic heterocycles. The highest BCUT2D eigenvalue weighted by Gasteiger charge is 2.19. The van der Waals surface area contributed by atoms with Crippen molar-refractivity contribution in [3.8, 4) is 0 Å². The summed E-state index contributed by atoms with van der Waals surface area (Å²) in [4.78, 5) is 59.2. The molecule has 0 bridgehead atoms. The van der Waals surface area contributed by atoms with Crippen molar-refractivity contribution in [3.63, 3.8) is 0 Å². The number of carbonyl (C=O) groups is 4. The summed E-state index contributed by atoms with van der Waals surface area (Å²) >= 11 is 0. The summed E-state index contributed by atoms with van der Waals surface area (Å²) in [6.45, 7) is 3.10. The SMILES string of the molecule is COC(=O)[C@H](C)NC(=O)c1cnc2c(SSc3cccc4cc(C(=O)N[C@@H](C)C(=O)OC)cnc34)cccc2c1. The van der Waals surface area contributed by atoms with Gasteiger partial charge in [-0.15, -0.1) is 0 Å². The van der Waals surface area contributed by atoms with Gasteiger partial charge in [-0.2, -0.15) is 0 Å². The van der Waals surface area contributed by atoms with Gasteiger partial charge in [0.15, 0.2) is 0 Å². The number of rotatable bonds is 9. The highest BCUT2D eigenvalue weighted by Crippen LogP contribution is 2.42. The highest BCUT2D eigenvalue weighted by molar-refractivity contribution is 8.76. The molecule has 0 spiro atoms. The number of ether oxygens (including phenoxy) is 2. The van der Waals surface area contributed by atoms with E-state index in [0.717, 1.165) is 31.6 Å². The first kappa shape index (κ1) is 28.8. The smallest absolute Gasteiger partial charge is 0.328 e. The Bertz CT molecular complexity index is 1490. The number of carbonyl (C=O) groups excluding carboxylic acids is 4. The summed E-state index contributed by atoms with van der Waals surface area (Å²) in [5.41, 5.74) is 2.11. The lowest BCUT2D eigenvalue weighted by Crippen LogP contribution is -2.39. The highest BCUT2D eigenvalue weighted by atomic mass is 33.1. The Morgan fingerprint density at radius 1 is 0.700 bits per heavy atom. The van der Waals surface area contributed by atoms with Gasteiger partial charge in [-0.25, -0.2) is 9.59 Å². The Labute approximate surface area is 238 Å². The van der Waals surface area contributed by atoms with E-state index in [-0.39, 0.29) is 0 Å². The average molecular weight is 579 g/mol. The maximum absolute atomic E-state index is 12.6. The predicted octanol–water partition coefficient (Wildman–Crippen LogP) is 4.17. The molecule has 2 atom stereocenters. The van der Waals surface area contributed by atoms with Crippen LogP contribution in [0.1, 0.15) is 34.6 Å². The summed E-state index contributed by atoms with van der Waals surface area (Å²) in [6, 6.07) is 13.3. The number of benzene rings is 2. The first-order chi connectivity index (χ1) is 19.2. The normalized spacial score (nSPS) is 12.4. The molecule has 206 valence electrons. The first-order valence-corrected chi connectivity index (χ1v) is 14.3. The molecule has 0 aliphatic rings. The third-order valence-corrected chi connectivity index (χ3v) is 8.33. The number of hydrogen-bond acceptors (Lipinski definition) is 10. The van der Waals surface area contributed by atoms with Crippen LogP contribution in [0, 0.1) is 0 Å². The second-order valence-electron chi connectivity index (χ2n) is 8.71. The van der Waals surface area contributed by atoms with E-state index in [1.54, 1.807) is 26.0 Å². The molecule has 2 heterocycles. The van der Waals surface area contributed by atoms with Crippen LogP contribution in [-0.4, -0.2) is 60.0 Å². The molecule has 4 aromatic rings. The Morgan fingerprint density at radius 2 is 1.10 bits per heavy atom. The van der Waals surface area contributed by atoms with Crippen molar-refractivity contribution in [1.82, 2.24) is 20.6 Å². The Kier molecular flexibility index (Phi) is 9.22. The minimum atomic E-state index is -0.783. The summed E-state index contributed by atoms with van der Waals surface area (Å²) in [5, 5.41) is 6.75. The first-order valence-electron chi connectivity index (χ1n) is 12.1. The molecule has 0 unspecified atom stereocenters. The van der Waals surface area contributed by atoms with E-state index >= 15 is 0 Å². The number of para-hydroxylation sites is 2. The van der Waals surface area contributed by atoms with Crippen molar-refractivity contribution in [2.75, 3.05) is 14.2 Å². The molecule has 40 heavy (non-hydrogen) atoms. The van der Waals surface area contributed by atoms with Gasteiger partial charge in [-0.1, -0.05) is 45.9 Å². The van der Waals surface area contributed by atoms with Crippen LogP contribution in [0.2, 0.25) is 0 Å². The number of amides is 2. The third kappa shape index (κ3) is 6.52. The Hall–Kier alpha value is -4.16. The van der Waals surface area contributed by atoms with Crippen LogP contribution in [0.3, 0.4) is 0 Å². The molecule has 4 rings (SSSR count). The zero-order chi connectivity index (χ0) is 28.8. The minimum Gasteiger partial charge on any atom is -0.467 e. The average Bonchev–Trinajstić information content (AvgIpc) is 2.98. The van der Waals surface area contributed by atoms with Gasteiger partial charge >= 0.3 is 11.9 Å². The molecule has 2 aromatic carbocycles. The fourth-order valence-corrected chi connectivity index (χ4v) is 6.06. The maximum Gasteiger partial charge on any atom is 0.328 e. The van der Waals surface area contributed by atoms with Gasteiger partial charge < -0.3 is 20.1 Å². The maximum atomic E-state index is 12.6. The molecule has 0 aliphatic carbocycles. The van der Waals surface area contributed by atoms with Crippen molar-refractivity contribution in [2.24, 2.45) is 0 Å². The van der Waals surface area contributed by atoms with Crippen LogP contribution in [0.25, 0.3) is 21.8 Å². The molecule has 0 radical (unpaired) electrons.